The minimum Gasteiger partial charge on any atom is -0.478 e. The van der Waals surface area contributed by atoms with Gasteiger partial charge < -0.3 is 5.11 Å². The molecule has 1 aromatic heterocycles. The van der Waals surface area contributed by atoms with Crippen LogP contribution in [0.25, 0.3) is 10.8 Å². The van der Waals surface area contributed by atoms with Crippen LogP contribution in [0.15, 0.2) is 27.8 Å². The molecule has 2 rings (SSSR count). The maximum atomic E-state index is 11.3. The van der Waals surface area contributed by atoms with Gasteiger partial charge in [-0.25, -0.2) is 4.79 Å². The number of carboxylic acid groups (broad SMARTS) is 1. The van der Waals surface area contributed by atoms with Gasteiger partial charge in [-0.05, 0) is 18.2 Å². The van der Waals surface area contributed by atoms with E-state index >= 15 is 0 Å². The summed E-state index contributed by atoms with van der Waals surface area (Å²) in [5, 5.41) is 13.2. The number of aromatic carboxylic acids is 1. The van der Waals surface area contributed by atoms with Crippen molar-refractivity contribution in [3.05, 3.63) is 44.5 Å². The van der Waals surface area contributed by atoms with E-state index in [0.717, 1.165) is 0 Å². The van der Waals surface area contributed by atoms with Crippen LogP contribution in [-0.4, -0.2) is 21.3 Å². The van der Waals surface area contributed by atoms with Crippen LogP contribution in [0.2, 0.25) is 0 Å². The van der Waals surface area contributed by atoms with Gasteiger partial charge >= 0.3 is 65.1 Å². The Morgan fingerprint density at radius 3 is 2.06 bits per heavy atom. The summed E-state index contributed by atoms with van der Waals surface area (Å²) in [5.74, 6) is -1.14. The van der Waals surface area contributed by atoms with Gasteiger partial charge in [0.05, 0.1) is 16.3 Å². The van der Waals surface area contributed by atoms with E-state index in [1.54, 1.807) is 0 Å². The molecule has 0 aliphatic heterocycles. The van der Waals surface area contributed by atoms with Crippen LogP contribution >= 0.6 is 0 Å². The third-order valence-corrected chi connectivity index (χ3v) is 2.05. The Morgan fingerprint density at radius 1 is 1.00 bits per heavy atom. The van der Waals surface area contributed by atoms with Crippen LogP contribution in [0.1, 0.15) is 10.4 Å². The Morgan fingerprint density at radius 2 is 1.53 bits per heavy atom. The summed E-state index contributed by atoms with van der Waals surface area (Å²) in [6, 6.07) is 3.76. The molecular weight excluding hydrogens is 246 g/mol. The van der Waals surface area contributed by atoms with Crippen LogP contribution in [-0.2, 0) is 0 Å². The van der Waals surface area contributed by atoms with Crippen LogP contribution in [0.3, 0.4) is 0 Å². The third-order valence-electron chi connectivity index (χ3n) is 2.05. The molecule has 17 heavy (non-hydrogen) atoms. The fourth-order valence-electron chi connectivity index (χ4n) is 1.31. The monoisotopic (exact) mass is 252 g/mol. The molecule has 1 aromatic carbocycles. The van der Waals surface area contributed by atoms with Crippen molar-refractivity contribution < 1.29 is 69.0 Å². The van der Waals surface area contributed by atoms with Crippen molar-refractivity contribution in [3.63, 3.8) is 0 Å². The molecule has 0 saturated carbocycles. The van der Waals surface area contributed by atoms with E-state index in [1.807, 2.05) is 0 Å². The average molecular weight is 252 g/mol. The molecule has 6 nitrogen and oxygen atoms in total. The summed E-state index contributed by atoms with van der Waals surface area (Å²) in [6.07, 6.45) is 0. The van der Waals surface area contributed by atoms with E-state index in [0.29, 0.717) is 0 Å². The first-order valence-corrected chi connectivity index (χ1v) is 4.07. The van der Waals surface area contributed by atoms with Crippen molar-refractivity contribution in [3.8, 4) is 0 Å². The standard InChI is InChI=1S/C9H6N2O4.2Na/c12-7-5-2-1-4(9(14)15)3-6(5)8(13)11-10-7;;/h1-3H,(H,10,12)(H,11,13)(H,14,15);;/q;2*+1. The van der Waals surface area contributed by atoms with Crippen LogP contribution in [0.5, 0.6) is 0 Å². The molecule has 0 aliphatic rings. The number of carboxylic acids is 1. The molecule has 8 heteroatoms. The van der Waals surface area contributed by atoms with E-state index in [2.05, 4.69) is 10.2 Å². The minimum absolute atomic E-state index is 0. The largest absolute Gasteiger partial charge is 1.00 e. The number of benzene rings is 1. The Kier molecular flexibility index (Phi) is 6.39. The third kappa shape index (κ3) is 3.31. The van der Waals surface area contributed by atoms with Crippen molar-refractivity contribution in [1.29, 1.82) is 0 Å². The van der Waals surface area contributed by atoms with Gasteiger partial charge in [0.15, 0.2) is 0 Å². The Bertz CT molecular complexity index is 662. The zero-order valence-electron chi connectivity index (χ0n) is 9.40. The molecule has 1 heterocycles. The maximum absolute atomic E-state index is 11.3. The fourth-order valence-corrected chi connectivity index (χ4v) is 1.31. The molecular formula is C9H6N2Na2O4+2. The number of rotatable bonds is 1. The molecule has 0 fully saturated rings. The zero-order chi connectivity index (χ0) is 11.0. The van der Waals surface area contributed by atoms with Gasteiger partial charge in [-0.3, -0.25) is 19.8 Å². The maximum Gasteiger partial charge on any atom is 1.00 e. The number of fused-ring (bicyclic) bond motifs is 1. The molecule has 0 spiro atoms. The fraction of sp³-hybridized carbons (Fsp3) is 0. The summed E-state index contributed by atoms with van der Waals surface area (Å²) >= 11 is 0. The molecule has 0 amide bonds. The molecule has 0 aliphatic carbocycles. The van der Waals surface area contributed by atoms with Gasteiger partial charge in [0.1, 0.15) is 0 Å². The quantitative estimate of drug-likeness (QED) is 0.439. The number of carbonyl (C=O) groups is 1. The normalized spacial score (nSPS) is 9.18. The van der Waals surface area contributed by atoms with Crippen LogP contribution < -0.4 is 70.2 Å². The van der Waals surface area contributed by atoms with Gasteiger partial charge in [0, 0.05) is 0 Å². The van der Waals surface area contributed by atoms with Crippen molar-refractivity contribution in [1.82, 2.24) is 10.2 Å². The van der Waals surface area contributed by atoms with Crippen LogP contribution in [0, 0.1) is 0 Å². The molecule has 2 aromatic rings. The molecule has 0 bridgehead atoms. The van der Waals surface area contributed by atoms with Gasteiger partial charge in [-0.15, -0.1) is 0 Å². The molecule has 0 saturated heterocycles. The van der Waals surface area contributed by atoms with Crippen molar-refractivity contribution in [2.75, 3.05) is 0 Å². The van der Waals surface area contributed by atoms with Crippen molar-refractivity contribution in [2.24, 2.45) is 0 Å². The number of aromatic amines is 2. The second kappa shape index (κ2) is 6.53. The summed E-state index contributed by atoms with van der Waals surface area (Å²) < 4.78 is 0. The molecule has 0 atom stereocenters. The Balaban J connectivity index is 0.00000128. The van der Waals surface area contributed by atoms with Gasteiger partial charge in [0.2, 0.25) is 0 Å². The van der Waals surface area contributed by atoms with E-state index in [-0.39, 0.29) is 75.5 Å². The average Bonchev–Trinajstić information content (AvgIpc) is 2.23. The van der Waals surface area contributed by atoms with E-state index in [9.17, 15) is 14.4 Å². The first kappa shape index (κ1) is 16.6. The number of H-pyrrole nitrogens is 2. The van der Waals surface area contributed by atoms with Crippen molar-refractivity contribution >= 4 is 16.7 Å². The van der Waals surface area contributed by atoms with E-state index < -0.39 is 17.1 Å². The van der Waals surface area contributed by atoms with E-state index in [1.165, 1.54) is 18.2 Å². The first-order valence-electron chi connectivity index (χ1n) is 4.07. The second-order valence-electron chi connectivity index (χ2n) is 2.97. The van der Waals surface area contributed by atoms with E-state index in [4.69, 9.17) is 5.11 Å². The molecule has 76 valence electrons. The van der Waals surface area contributed by atoms with Gasteiger partial charge in [-0.2, -0.15) is 0 Å². The summed E-state index contributed by atoms with van der Waals surface area (Å²) in [4.78, 5) is 33.2. The number of aromatic nitrogens is 2. The van der Waals surface area contributed by atoms with Crippen LogP contribution in [0.4, 0.5) is 0 Å². The topological polar surface area (TPSA) is 103 Å². The minimum atomic E-state index is -1.14. The number of hydrogen-bond donors (Lipinski definition) is 3. The Labute approximate surface area is 139 Å². The molecule has 0 unspecified atom stereocenters. The molecule has 3 N–H and O–H groups in total. The van der Waals surface area contributed by atoms with Crippen molar-refractivity contribution in [2.45, 2.75) is 0 Å². The summed E-state index contributed by atoms with van der Waals surface area (Å²) in [5.41, 5.74) is -1.01. The smallest absolute Gasteiger partial charge is 0.478 e. The SMILES string of the molecule is O=C(O)c1ccc2c(=O)[nH][nH]c(=O)c2c1.[Na+].[Na+]. The number of nitrogens with one attached hydrogen (secondary N) is 2. The summed E-state index contributed by atoms with van der Waals surface area (Å²) in [6.45, 7) is 0. The van der Waals surface area contributed by atoms with Gasteiger partial charge in [-0.1, -0.05) is 0 Å². The zero-order valence-corrected chi connectivity index (χ0v) is 13.4. The second-order valence-corrected chi connectivity index (χ2v) is 2.97. The predicted molar refractivity (Wildman–Crippen MR) is 52.1 cm³/mol. The molecule has 0 radical (unpaired) electrons. The van der Waals surface area contributed by atoms with Gasteiger partial charge in [0.25, 0.3) is 11.1 Å². The predicted octanol–water partition coefficient (Wildman–Crippen LogP) is -6.08. The Hall–Kier alpha value is -0.370. The summed E-state index contributed by atoms with van der Waals surface area (Å²) in [7, 11) is 0. The number of hydrogen-bond acceptors (Lipinski definition) is 3. The first-order chi connectivity index (χ1) is 7.09.